The molecule has 2 aromatic heterocycles. The molecular formula is C19H23N5O3S2. The van der Waals surface area contributed by atoms with E-state index in [1.807, 2.05) is 29.8 Å². The number of ether oxygens (including phenoxy) is 3. The van der Waals surface area contributed by atoms with Crippen LogP contribution in [-0.2, 0) is 17.5 Å². The van der Waals surface area contributed by atoms with E-state index in [1.54, 1.807) is 37.3 Å². The van der Waals surface area contributed by atoms with Crippen LogP contribution in [0.3, 0.4) is 0 Å². The van der Waals surface area contributed by atoms with Gasteiger partial charge in [-0.1, -0.05) is 11.8 Å². The summed E-state index contributed by atoms with van der Waals surface area (Å²) in [6.07, 6.45) is 0. The molecule has 1 saturated heterocycles. The highest BCUT2D eigenvalue weighted by Gasteiger charge is 2.19. The molecule has 3 heterocycles. The standard InChI is InChI=1S/C19H23N5O3S2/c1-23-18(24-6-8-27-9-7-24)21-22-19(23)29-12-13-11-28-17(20-13)15-5-4-14(25-2)10-16(15)26-3/h4-5,10-11H,6-9,12H2,1-3H3. The molecule has 1 fully saturated rings. The van der Waals surface area contributed by atoms with Crippen molar-refractivity contribution in [3.05, 3.63) is 29.3 Å². The number of nitrogens with zero attached hydrogens (tertiary/aromatic N) is 5. The van der Waals surface area contributed by atoms with E-state index in [0.717, 1.165) is 70.9 Å². The van der Waals surface area contributed by atoms with E-state index < -0.39 is 0 Å². The van der Waals surface area contributed by atoms with Crippen LogP contribution in [0.2, 0.25) is 0 Å². The summed E-state index contributed by atoms with van der Waals surface area (Å²) < 4.78 is 18.2. The molecule has 10 heteroatoms. The summed E-state index contributed by atoms with van der Waals surface area (Å²) in [6.45, 7) is 3.14. The van der Waals surface area contributed by atoms with Crippen LogP contribution < -0.4 is 14.4 Å². The monoisotopic (exact) mass is 433 g/mol. The Morgan fingerprint density at radius 3 is 2.76 bits per heavy atom. The van der Waals surface area contributed by atoms with E-state index in [2.05, 4.69) is 20.5 Å². The highest BCUT2D eigenvalue weighted by molar-refractivity contribution is 7.98. The minimum atomic E-state index is 0.726. The van der Waals surface area contributed by atoms with Gasteiger partial charge in [-0.3, -0.25) is 4.57 Å². The smallest absolute Gasteiger partial charge is 0.227 e. The summed E-state index contributed by atoms with van der Waals surface area (Å²) in [5.41, 5.74) is 1.96. The topological polar surface area (TPSA) is 74.5 Å². The lowest BCUT2D eigenvalue weighted by Gasteiger charge is -2.27. The highest BCUT2D eigenvalue weighted by atomic mass is 32.2. The molecule has 0 bridgehead atoms. The van der Waals surface area contributed by atoms with Crippen molar-refractivity contribution in [3.63, 3.8) is 0 Å². The average Bonchev–Trinajstić information content (AvgIpc) is 3.39. The Labute approximate surface area is 177 Å². The van der Waals surface area contributed by atoms with Crippen LogP contribution in [0.4, 0.5) is 5.95 Å². The van der Waals surface area contributed by atoms with Crippen molar-refractivity contribution in [2.24, 2.45) is 7.05 Å². The molecule has 0 radical (unpaired) electrons. The normalized spacial score (nSPS) is 14.2. The van der Waals surface area contributed by atoms with E-state index in [1.165, 1.54) is 0 Å². The maximum atomic E-state index is 5.50. The van der Waals surface area contributed by atoms with E-state index in [-0.39, 0.29) is 0 Å². The number of rotatable bonds is 7. The van der Waals surface area contributed by atoms with Crippen LogP contribution in [0.5, 0.6) is 11.5 Å². The van der Waals surface area contributed by atoms with Crippen LogP contribution in [-0.4, -0.2) is 60.3 Å². The van der Waals surface area contributed by atoms with Crippen LogP contribution in [0.15, 0.2) is 28.7 Å². The number of anilines is 1. The third-order valence-electron chi connectivity index (χ3n) is 4.65. The maximum Gasteiger partial charge on any atom is 0.227 e. The van der Waals surface area contributed by atoms with Gasteiger partial charge in [0.2, 0.25) is 5.95 Å². The molecular weight excluding hydrogens is 410 g/mol. The number of thioether (sulfide) groups is 1. The van der Waals surface area contributed by atoms with Crippen LogP contribution in [0.25, 0.3) is 10.6 Å². The molecule has 0 spiro atoms. The third-order valence-corrected chi connectivity index (χ3v) is 6.62. The number of hydrogen-bond acceptors (Lipinski definition) is 9. The van der Waals surface area contributed by atoms with Crippen LogP contribution >= 0.6 is 23.1 Å². The summed E-state index contributed by atoms with van der Waals surface area (Å²) in [6, 6.07) is 5.77. The predicted octanol–water partition coefficient (Wildman–Crippen LogP) is 3.08. The molecule has 0 atom stereocenters. The van der Waals surface area contributed by atoms with Gasteiger partial charge in [-0.15, -0.1) is 21.5 Å². The SMILES string of the molecule is COc1ccc(-c2nc(CSc3nnc(N4CCOCC4)n3C)cs2)c(OC)c1. The Hall–Kier alpha value is -2.30. The van der Waals surface area contributed by atoms with Crippen molar-refractivity contribution < 1.29 is 14.2 Å². The summed E-state index contributed by atoms with van der Waals surface area (Å²) in [7, 11) is 5.30. The number of morpholine rings is 1. The molecule has 1 aliphatic heterocycles. The zero-order valence-corrected chi connectivity index (χ0v) is 18.3. The lowest BCUT2D eigenvalue weighted by Crippen LogP contribution is -2.37. The van der Waals surface area contributed by atoms with E-state index in [0.29, 0.717) is 0 Å². The van der Waals surface area contributed by atoms with Gasteiger partial charge in [-0.2, -0.15) is 0 Å². The molecule has 4 rings (SSSR count). The molecule has 8 nitrogen and oxygen atoms in total. The van der Waals surface area contributed by atoms with Crippen molar-refractivity contribution in [2.75, 3.05) is 45.4 Å². The van der Waals surface area contributed by atoms with Crippen molar-refractivity contribution in [3.8, 4) is 22.1 Å². The second kappa shape index (κ2) is 9.02. The first-order valence-electron chi connectivity index (χ1n) is 9.21. The van der Waals surface area contributed by atoms with Crippen molar-refractivity contribution in [2.45, 2.75) is 10.9 Å². The molecule has 0 amide bonds. The first-order valence-corrected chi connectivity index (χ1v) is 11.1. The summed E-state index contributed by atoms with van der Waals surface area (Å²) in [4.78, 5) is 6.98. The van der Waals surface area contributed by atoms with Gasteiger partial charge in [-0.05, 0) is 12.1 Å². The Morgan fingerprint density at radius 2 is 2.00 bits per heavy atom. The molecule has 1 aromatic carbocycles. The fraction of sp³-hybridized carbons (Fsp3) is 0.421. The quantitative estimate of drug-likeness (QED) is 0.526. The lowest BCUT2D eigenvalue weighted by molar-refractivity contribution is 0.121. The Balaban J connectivity index is 1.45. The molecule has 0 aliphatic carbocycles. The van der Waals surface area contributed by atoms with Gasteiger partial charge in [0.05, 0.1) is 38.7 Å². The maximum absolute atomic E-state index is 5.50. The van der Waals surface area contributed by atoms with E-state index in [4.69, 9.17) is 19.2 Å². The van der Waals surface area contributed by atoms with Crippen molar-refractivity contribution in [1.29, 1.82) is 0 Å². The molecule has 0 saturated carbocycles. The molecule has 0 N–H and O–H groups in total. The number of hydrogen-bond donors (Lipinski definition) is 0. The highest BCUT2D eigenvalue weighted by Crippen LogP contribution is 2.36. The first-order chi connectivity index (χ1) is 14.2. The molecule has 29 heavy (non-hydrogen) atoms. The molecule has 1 aliphatic rings. The van der Waals surface area contributed by atoms with Gasteiger partial charge in [0.15, 0.2) is 5.16 Å². The fourth-order valence-electron chi connectivity index (χ4n) is 3.08. The summed E-state index contributed by atoms with van der Waals surface area (Å²) in [5, 5.41) is 12.6. The lowest BCUT2D eigenvalue weighted by atomic mass is 10.2. The van der Waals surface area contributed by atoms with Gasteiger partial charge in [0.1, 0.15) is 16.5 Å². The first kappa shape index (κ1) is 20.0. The summed E-state index contributed by atoms with van der Waals surface area (Å²) >= 11 is 3.24. The van der Waals surface area contributed by atoms with E-state index >= 15 is 0 Å². The molecule has 3 aromatic rings. The Kier molecular flexibility index (Phi) is 6.22. The zero-order chi connectivity index (χ0) is 20.2. The largest absolute Gasteiger partial charge is 0.497 e. The minimum Gasteiger partial charge on any atom is -0.497 e. The third kappa shape index (κ3) is 4.34. The van der Waals surface area contributed by atoms with Crippen molar-refractivity contribution >= 4 is 29.0 Å². The van der Waals surface area contributed by atoms with Gasteiger partial charge in [-0.25, -0.2) is 4.98 Å². The summed E-state index contributed by atoms with van der Waals surface area (Å²) in [5.74, 6) is 3.12. The Morgan fingerprint density at radius 1 is 1.17 bits per heavy atom. The second-order valence-corrected chi connectivity index (χ2v) is 8.24. The van der Waals surface area contributed by atoms with Crippen LogP contribution in [0, 0.1) is 0 Å². The fourth-order valence-corrected chi connectivity index (χ4v) is 4.84. The van der Waals surface area contributed by atoms with Gasteiger partial charge >= 0.3 is 0 Å². The number of aromatic nitrogens is 4. The van der Waals surface area contributed by atoms with Crippen molar-refractivity contribution in [1.82, 2.24) is 19.7 Å². The second-order valence-electron chi connectivity index (χ2n) is 6.44. The minimum absolute atomic E-state index is 0.726. The molecule has 154 valence electrons. The predicted molar refractivity (Wildman–Crippen MR) is 114 cm³/mol. The average molecular weight is 434 g/mol. The number of methoxy groups -OCH3 is 2. The van der Waals surface area contributed by atoms with E-state index in [9.17, 15) is 0 Å². The molecule has 0 unspecified atom stereocenters. The van der Waals surface area contributed by atoms with Gasteiger partial charge in [0, 0.05) is 37.3 Å². The van der Waals surface area contributed by atoms with Crippen LogP contribution in [0.1, 0.15) is 5.69 Å². The zero-order valence-electron chi connectivity index (χ0n) is 16.6. The Bertz CT molecular complexity index is 969. The number of thiazole rings is 1. The van der Waals surface area contributed by atoms with Gasteiger partial charge < -0.3 is 19.1 Å². The van der Waals surface area contributed by atoms with Gasteiger partial charge in [0.25, 0.3) is 0 Å². The number of benzene rings is 1.